The molecule has 3 amide bonds. The Morgan fingerprint density at radius 2 is 1.89 bits per heavy atom. The Morgan fingerprint density at radius 1 is 1.18 bits per heavy atom. The molecule has 0 radical (unpaired) electrons. The molecule has 2 heterocycles. The van der Waals surface area contributed by atoms with E-state index in [1.165, 1.54) is 35.6 Å². The molecule has 144 valence electrons. The van der Waals surface area contributed by atoms with Crippen molar-refractivity contribution in [3.8, 4) is 5.75 Å². The zero-order valence-corrected chi connectivity index (χ0v) is 15.5. The van der Waals surface area contributed by atoms with E-state index >= 15 is 0 Å². The van der Waals surface area contributed by atoms with Crippen LogP contribution in [0.1, 0.15) is 17.5 Å². The van der Waals surface area contributed by atoms with Gasteiger partial charge < -0.3 is 10.1 Å². The lowest BCUT2D eigenvalue weighted by Crippen LogP contribution is -2.40. The van der Waals surface area contributed by atoms with Crippen LogP contribution < -0.4 is 10.1 Å². The second kappa shape index (κ2) is 6.83. The van der Waals surface area contributed by atoms with Crippen molar-refractivity contribution in [2.24, 2.45) is 0 Å². The number of fused-ring (bicyclic) bond motifs is 1. The van der Waals surface area contributed by atoms with Crippen LogP contribution in [-0.2, 0) is 16.9 Å². The Morgan fingerprint density at radius 3 is 2.57 bits per heavy atom. The maximum Gasteiger partial charge on any atom is 0.387 e. The summed E-state index contributed by atoms with van der Waals surface area (Å²) in [4.78, 5) is 31.0. The van der Waals surface area contributed by atoms with E-state index < -0.39 is 24.1 Å². The molecule has 6 nitrogen and oxygen atoms in total. The molecule has 0 aliphatic carbocycles. The fraction of sp³-hybridized carbons (Fsp3) is 0.211. The number of nitrogens with zero attached hydrogens (tertiary/aromatic N) is 2. The minimum Gasteiger partial charge on any atom is -0.435 e. The Hall–Kier alpha value is -3.07. The van der Waals surface area contributed by atoms with E-state index in [-0.39, 0.29) is 12.3 Å². The zero-order chi connectivity index (χ0) is 19.9. The van der Waals surface area contributed by atoms with Gasteiger partial charge in [-0.15, -0.1) is 11.3 Å². The minimum absolute atomic E-state index is 0.0227. The number of carbonyl (C=O) groups is 2. The fourth-order valence-corrected chi connectivity index (χ4v) is 4.09. The van der Waals surface area contributed by atoms with Gasteiger partial charge in [-0.05, 0) is 36.8 Å². The van der Waals surface area contributed by atoms with Gasteiger partial charge in [-0.3, -0.25) is 9.69 Å². The molecule has 1 N–H and O–H groups in total. The van der Waals surface area contributed by atoms with Crippen LogP contribution in [0.25, 0.3) is 10.2 Å². The van der Waals surface area contributed by atoms with Crippen LogP contribution in [-0.4, -0.2) is 28.4 Å². The third kappa shape index (κ3) is 3.18. The quantitative estimate of drug-likeness (QED) is 0.657. The maximum atomic E-state index is 13.0. The van der Waals surface area contributed by atoms with Crippen LogP contribution in [0, 0.1) is 0 Å². The highest BCUT2D eigenvalue weighted by Gasteiger charge is 2.49. The van der Waals surface area contributed by atoms with Crippen molar-refractivity contribution in [3.05, 3.63) is 59.1 Å². The summed E-state index contributed by atoms with van der Waals surface area (Å²) in [6.07, 6.45) is 0. The van der Waals surface area contributed by atoms with E-state index in [0.29, 0.717) is 10.6 Å². The Labute approximate surface area is 162 Å². The van der Waals surface area contributed by atoms with Gasteiger partial charge in [0.25, 0.3) is 5.91 Å². The number of ether oxygens (including phenoxy) is 1. The van der Waals surface area contributed by atoms with Crippen LogP contribution in [0.2, 0.25) is 0 Å². The predicted molar refractivity (Wildman–Crippen MR) is 99.1 cm³/mol. The molecule has 1 aliphatic rings. The molecule has 1 aliphatic heterocycles. The van der Waals surface area contributed by atoms with Gasteiger partial charge in [0.1, 0.15) is 16.3 Å². The van der Waals surface area contributed by atoms with E-state index in [9.17, 15) is 18.4 Å². The van der Waals surface area contributed by atoms with Crippen LogP contribution in [0.5, 0.6) is 5.75 Å². The number of carbonyl (C=O) groups excluding carboxylic acids is 2. The lowest BCUT2D eigenvalue weighted by molar-refractivity contribution is -0.131. The summed E-state index contributed by atoms with van der Waals surface area (Å²) in [5, 5.41) is 3.33. The van der Waals surface area contributed by atoms with Crippen molar-refractivity contribution < 1.29 is 23.1 Å². The SMILES string of the molecule is C[C@@]1(c2ccc(OC(F)F)cc2)NC(=O)N(Cc2nc3ccccc3s2)C1=O. The molecule has 28 heavy (non-hydrogen) atoms. The second-order valence-electron chi connectivity index (χ2n) is 6.42. The number of benzene rings is 2. The highest BCUT2D eigenvalue weighted by atomic mass is 32.1. The Balaban J connectivity index is 1.57. The summed E-state index contributed by atoms with van der Waals surface area (Å²) in [6.45, 7) is -1.29. The fourth-order valence-electron chi connectivity index (χ4n) is 3.13. The molecule has 9 heteroatoms. The first-order valence-corrected chi connectivity index (χ1v) is 9.22. The number of thiazole rings is 1. The maximum absolute atomic E-state index is 13.0. The van der Waals surface area contributed by atoms with Crippen molar-refractivity contribution in [1.82, 2.24) is 15.2 Å². The molecule has 1 atom stereocenters. The van der Waals surface area contributed by atoms with Gasteiger partial charge in [0.2, 0.25) is 0 Å². The van der Waals surface area contributed by atoms with Gasteiger partial charge in [0, 0.05) is 0 Å². The normalized spacial score (nSPS) is 19.5. The molecular weight excluding hydrogens is 388 g/mol. The van der Waals surface area contributed by atoms with Gasteiger partial charge in [-0.2, -0.15) is 8.78 Å². The van der Waals surface area contributed by atoms with Gasteiger partial charge >= 0.3 is 12.6 Å². The standard InChI is InChI=1S/C19H15F2N3O3S/c1-19(11-6-8-12(9-7-11)27-17(20)21)16(25)24(18(26)23-19)10-15-22-13-4-2-3-5-14(13)28-15/h2-9,17H,10H2,1H3,(H,23,26)/t19-/m0/s1. The summed E-state index contributed by atoms with van der Waals surface area (Å²) < 4.78 is 29.9. The van der Waals surface area contributed by atoms with Crippen molar-refractivity contribution in [1.29, 1.82) is 0 Å². The van der Waals surface area contributed by atoms with Crippen LogP contribution in [0.15, 0.2) is 48.5 Å². The van der Waals surface area contributed by atoms with Gasteiger partial charge in [-0.1, -0.05) is 24.3 Å². The van der Waals surface area contributed by atoms with Gasteiger partial charge in [-0.25, -0.2) is 9.78 Å². The van der Waals surface area contributed by atoms with E-state index in [1.54, 1.807) is 6.92 Å². The average molecular weight is 403 g/mol. The smallest absolute Gasteiger partial charge is 0.387 e. The predicted octanol–water partition coefficient (Wildman–Crippen LogP) is 3.86. The number of imide groups is 1. The molecule has 2 aromatic carbocycles. The third-order valence-electron chi connectivity index (χ3n) is 4.56. The van der Waals surface area contributed by atoms with Crippen molar-refractivity contribution >= 4 is 33.5 Å². The Kier molecular flexibility index (Phi) is 4.46. The molecule has 3 aromatic rings. The highest BCUT2D eigenvalue weighted by Crippen LogP contribution is 2.32. The molecule has 0 unspecified atom stereocenters. The summed E-state index contributed by atoms with van der Waals surface area (Å²) in [7, 11) is 0. The molecule has 1 aromatic heterocycles. The molecule has 0 saturated carbocycles. The number of nitrogens with one attached hydrogen (secondary N) is 1. The summed E-state index contributed by atoms with van der Waals surface area (Å²) in [5.74, 6) is -0.454. The third-order valence-corrected chi connectivity index (χ3v) is 5.58. The van der Waals surface area contributed by atoms with Gasteiger partial charge in [0.05, 0.1) is 16.8 Å². The van der Waals surface area contributed by atoms with Crippen LogP contribution in [0.3, 0.4) is 0 Å². The summed E-state index contributed by atoms with van der Waals surface area (Å²) >= 11 is 1.42. The largest absolute Gasteiger partial charge is 0.435 e. The van der Waals surface area contributed by atoms with Crippen LogP contribution in [0.4, 0.5) is 13.6 Å². The van der Waals surface area contributed by atoms with Crippen molar-refractivity contribution in [2.75, 3.05) is 0 Å². The number of hydrogen-bond acceptors (Lipinski definition) is 5. The molecule has 1 saturated heterocycles. The number of para-hydroxylation sites is 1. The molecular formula is C19H15F2N3O3S. The molecule has 4 rings (SSSR count). The lowest BCUT2D eigenvalue weighted by atomic mass is 9.92. The number of amides is 3. The number of halogens is 2. The number of hydrogen-bond donors (Lipinski definition) is 1. The van der Waals surface area contributed by atoms with E-state index in [1.807, 2.05) is 24.3 Å². The highest BCUT2D eigenvalue weighted by molar-refractivity contribution is 7.18. The van der Waals surface area contributed by atoms with E-state index in [4.69, 9.17) is 0 Å². The second-order valence-corrected chi connectivity index (χ2v) is 7.54. The molecule has 1 fully saturated rings. The zero-order valence-electron chi connectivity index (χ0n) is 14.7. The van der Waals surface area contributed by atoms with Crippen molar-refractivity contribution in [2.45, 2.75) is 25.6 Å². The number of aromatic nitrogens is 1. The van der Waals surface area contributed by atoms with Crippen LogP contribution >= 0.6 is 11.3 Å². The topological polar surface area (TPSA) is 71.5 Å². The first-order valence-electron chi connectivity index (χ1n) is 8.41. The first kappa shape index (κ1) is 18.3. The number of alkyl halides is 2. The molecule has 0 bridgehead atoms. The van der Waals surface area contributed by atoms with E-state index in [2.05, 4.69) is 15.0 Å². The summed E-state index contributed by atoms with van der Waals surface area (Å²) in [6, 6.07) is 12.7. The first-order chi connectivity index (χ1) is 13.4. The minimum atomic E-state index is -2.93. The lowest BCUT2D eigenvalue weighted by Gasteiger charge is -2.22. The van der Waals surface area contributed by atoms with E-state index in [0.717, 1.165) is 15.1 Å². The van der Waals surface area contributed by atoms with Crippen molar-refractivity contribution in [3.63, 3.8) is 0 Å². The monoisotopic (exact) mass is 403 g/mol. The number of rotatable bonds is 5. The van der Waals surface area contributed by atoms with Gasteiger partial charge in [0.15, 0.2) is 0 Å². The molecule has 0 spiro atoms. The summed E-state index contributed by atoms with van der Waals surface area (Å²) in [5.41, 5.74) is -0.0110. The average Bonchev–Trinajstić information content (AvgIpc) is 3.16. The number of urea groups is 1. The Bertz CT molecular complexity index is 1020.